The average molecular weight is 188 g/mol. The number of hydrogen-bond donors (Lipinski definition) is 0. The van der Waals surface area contributed by atoms with Crippen LogP contribution in [0, 0.1) is 0 Å². The Labute approximate surface area is 76.4 Å². The zero-order valence-electron chi connectivity index (χ0n) is 8.43. The lowest BCUT2D eigenvalue weighted by Gasteiger charge is -2.24. The van der Waals surface area contributed by atoms with Gasteiger partial charge in [0.2, 0.25) is 0 Å². The molecule has 0 aromatic heterocycles. The Bertz CT molecular complexity index is 122. The predicted octanol–water partition coefficient (Wildman–Crippen LogP) is 2.60. The van der Waals surface area contributed by atoms with Gasteiger partial charge in [0.1, 0.15) is 6.29 Å². The fraction of sp³-hybridized carbons (Fsp3) is 0.889. The van der Waals surface area contributed by atoms with Crippen LogP contribution in [0.4, 0.5) is 0 Å². The highest BCUT2D eigenvalue weighted by Gasteiger charge is 2.23. The molecule has 0 aliphatic heterocycles. The molecule has 0 atom stereocenters. The number of unbranched alkanes of at least 4 members (excludes halogenated alkanes) is 1. The van der Waals surface area contributed by atoms with Gasteiger partial charge in [0, 0.05) is 13.0 Å². The second kappa shape index (κ2) is 6.37. The van der Waals surface area contributed by atoms with Gasteiger partial charge in [-0.25, -0.2) is 0 Å². The monoisotopic (exact) mass is 188 g/mol. The van der Waals surface area contributed by atoms with Crippen molar-refractivity contribution in [1.29, 1.82) is 0 Å². The Morgan fingerprint density at radius 1 is 1.33 bits per heavy atom. The van der Waals surface area contributed by atoms with E-state index in [0.717, 1.165) is 19.3 Å². The van der Waals surface area contributed by atoms with Crippen LogP contribution >= 0.6 is 0 Å². The van der Waals surface area contributed by atoms with E-state index in [4.69, 9.17) is 4.43 Å². The lowest BCUT2D eigenvalue weighted by molar-refractivity contribution is -0.108. The number of carbonyl (C=O) groups is 1. The van der Waals surface area contributed by atoms with Gasteiger partial charge >= 0.3 is 0 Å². The summed E-state index contributed by atoms with van der Waals surface area (Å²) in [6, 6.07) is 2.34. The molecule has 0 spiro atoms. The van der Waals surface area contributed by atoms with Crippen LogP contribution in [0.25, 0.3) is 0 Å². The first-order valence-corrected chi connectivity index (χ1v) is 7.58. The molecule has 2 nitrogen and oxygen atoms in total. The summed E-state index contributed by atoms with van der Waals surface area (Å²) in [6.07, 6.45) is 2.48. The topological polar surface area (TPSA) is 26.3 Å². The van der Waals surface area contributed by atoms with E-state index in [9.17, 15) is 4.79 Å². The van der Waals surface area contributed by atoms with Crippen LogP contribution in [0.15, 0.2) is 0 Å². The van der Waals surface area contributed by atoms with Crippen LogP contribution in [0.5, 0.6) is 0 Å². The molecule has 12 heavy (non-hydrogen) atoms. The molecule has 0 unspecified atom stereocenters. The van der Waals surface area contributed by atoms with Crippen LogP contribution in [-0.4, -0.2) is 21.2 Å². The number of rotatable bonds is 7. The normalized spacial score (nSPS) is 11.6. The van der Waals surface area contributed by atoms with Gasteiger partial charge in [-0.2, -0.15) is 0 Å². The highest BCUT2D eigenvalue weighted by Crippen LogP contribution is 2.16. The molecule has 0 fully saturated rings. The Balaban J connectivity index is 3.51. The van der Waals surface area contributed by atoms with E-state index in [-0.39, 0.29) is 0 Å². The molecule has 0 N–H and O–H groups in total. The van der Waals surface area contributed by atoms with Crippen molar-refractivity contribution in [2.24, 2.45) is 0 Å². The summed E-state index contributed by atoms with van der Waals surface area (Å²) in [5.74, 6) is 0. The lowest BCUT2D eigenvalue weighted by Crippen LogP contribution is -2.32. The largest absolute Gasteiger partial charge is 0.417 e. The maximum atomic E-state index is 10.0. The molecule has 72 valence electrons. The molecule has 3 heteroatoms. The standard InChI is InChI=1S/C9H20O2Si/c1-4-12(3,5-2)11-9-7-6-8-10/h8H,4-7,9H2,1-3H3. The third kappa shape index (κ3) is 4.67. The van der Waals surface area contributed by atoms with E-state index >= 15 is 0 Å². The Hall–Kier alpha value is -0.153. The van der Waals surface area contributed by atoms with E-state index in [1.54, 1.807) is 0 Å². The molecular formula is C9H20O2Si. The smallest absolute Gasteiger partial charge is 0.189 e. The summed E-state index contributed by atoms with van der Waals surface area (Å²) in [6.45, 7) is 7.40. The molecular weight excluding hydrogens is 168 g/mol. The minimum atomic E-state index is -1.36. The fourth-order valence-electron chi connectivity index (χ4n) is 0.939. The first-order chi connectivity index (χ1) is 5.68. The van der Waals surface area contributed by atoms with Gasteiger partial charge in [-0.05, 0) is 25.1 Å². The second-order valence-electron chi connectivity index (χ2n) is 3.31. The average Bonchev–Trinajstić information content (AvgIpc) is 2.12. The first kappa shape index (κ1) is 11.8. The van der Waals surface area contributed by atoms with Crippen molar-refractivity contribution in [3.8, 4) is 0 Å². The molecule has 0 radical (unpaired) electrons. The molecule has 0 saturated heterocycles. The molecule has 0 aliphatic carbocycles. The molecule has 0 rings (SSSR count). The summed E-state index contributed by atoms with van der Waals surface area (Å²) < 4.78 is 5.81. The molecule has 0 aromatic carbocycles. The van der Waals surface area contributed by atoms with Gasteiger partial charge in [0.25, 0.3) is 0 Å². The highest BCUT2D eigenvalue weighted by atomic mass is 28.4. The van der Waals surface area contributed by atoms with Crippen molar-refractivity contribution in [3.63, 3.8) is 0 Å². The fourth-order valence-corrected chi connectivity index (χ4v) is 2.48. The number of carbonyl (C=O) groups excluding carboxylic acids is 1. The SMILES string of the molecule is CC[Si](C)(CC)OCCCC=O. The van der Waals surface area contributed by atoms with E-state index < -0.39 is 8.32 Å². The molecule has 0 aliphatic rings. The number of aldehydes is 1. The summed E-state index contributed by atoms with van der Waals surface area (Å²) in [4.78, 5) is 10.0. The summed E-state index contributed by atoms with van der Waals surface area (Å²) in [7, 11) is -1.36. The summed E-state index contributed by atoms with van der Waals surface area (Å²) in [5.41, 5.74) is 0. The van der Waals surface area contributed by atoms with Crippen molar-refractivity contribution >= 4 is 14.6 Å². The minimum Gasteiger partial charge on any atom is -0.417 e. The van der Waals surface area contributed by atoms with Gasteiger partial charge < -0.3 is 9.22 Å². The van der Waals surface area contributed by atoms with Crippen LogP contribution in [0.2, 0.25) is 18.6 Å². The van der Waals surface area contributed by atoms with Crippen molar-refractivity contribution < 1.29 is 9.22 Å². The van der Waals surface area contributed by atoms with E-state index in [0.29, 0.717) is 6.42 Å². The van der Waals surface area contributed by atoms with Gasteiger partial charge in [-0.15, -0.1) is 0 Å². The Morgan fingerprint density at radius 3 is 2.33 bits per heavy atom. The molecule has 0 heterocycles. The van der Waals surface area contributed by atoms with Gasteiger partial charge in [-0.3, -0.25) is 0 Å². The highest BCUT2D eigenvalue weighted by molar-refractivity contribution is 6.72. The molecule has 0 amide bonds. The Kier molecular flexibility index (Phi) is 6.29. The Morgan fingerprint density at radius 2 is 1.92 bits per heavy atom. The second-order valence-corrected chi connectivity index (χ2v) is 7.92. The van der Waals surface area contributed by atoms with Crippen LogP contribution in [0.3, 0.4) is 0 Å². The van der Waals surface area contributed by atoms with Gasteiger partial charge in [0.15, 0.2) is 8.32 Å². The summed E-state index contributed by atoms with van der Waals surface area (Å²) >= 11 is 0. The maximum absolute atomic E-state index is 10.0. The minimum absolute atomic E-state index is 0.637. The quantitative estimate of drug-likeness (QED) is 0.349. The van der Waals surface area contributed by atoms with Gasteiger partial charge in [-0.1, -0.05) is 13.8 Å². The zero-order chi connectivity index (χ0) is 9.45. The third-order valence-corrected chi connectivity index (χ3v) is 6.31. The molecule has 0 saturated carbocycles. The summed E-state index contributed by atoms with van der Waals surface area (Å²) in [5, 5.41) is 0. The predicted molar refractivity (Wildman–Crippen MR) is 53.8 cm³/mol. The zero-order valence-corrected chi connectivity index (χ0v) is 9.43. The van der Waals surface area contributed by atoms with Crippen LogP contribution in [0.1, 0.15) is 26.7 Å². The lowest BCUT2D eigenvalue weighted by atomic mass is 10.4. The van der Waals surface area contributed by atoms with Gasteiger partial charge in [0.05, 0.1) is 0 Å². The van der Waals surface area contributed by atoms with Crippen molar-refractivity contribution in [2.75, 3.05) is 6.61 Å². The van der Waals surface area contributed by atoms with Crippen LogP contribution < -0.4 is 0 Å². The molecule has 0 aromatic rings. The number of hydrogen-bond acceptors (Lipinski definition) is 2. The van der Waals surface area contributed by atoms with Crippen molar-refractivity contribution in [3.05, 3.63) is 0 Å². The third-order valence-electron chi connectivity index (χ3n) is 2.41. The van der Waals surface area contributed by atoms with E-state index in [2.05, 4.69) is 20.4 Å². The van der Waals surface area contributed by atoms with Crippen molar-refractivity contribution in [1.82, 2.24) is 0 Å². The first-order valence-electron chi connectivity index (χ1n) is 4.76. The van der Waals surface area contributed by atoms with E-state index in [1.165, 1.54) is 12.1 Å². The van der Waals surface area contributed by atoms with Crippen LogP contribution in [-0.2, 0) is 9.22 Å². The van der Waals surface area contributed by atoms with E-state index in [1.807, 2.05) is 0 Å². The molecule has 0 bridgehead atoms. The maximum Gasteiger partial charge on any atom is 0.189 e. The van der Waals surface area contributed by atoms with Crippen molar-refractivity contribution in [2.45, 2.75) is 45.3 Å².